The van der Waals surface area contributed by atoms with Gasteiger partial charge in [-0.3, -0.25) is 14.5 Å². The van der Waals surface area contributed by atoms with E-state index in [1.165, 1.54) is 31.3 Å². The van der Waals surface area contributed by atoms with Crippen molar-refractivity contribution in [2.75, 3.05) is 53.6 Å². The van der Waals surface area contributed by atoms with Crippen LogP contribution < -0.4 is 14.2 Å². The van der Waals surface area contributed by atoms with Gasteiger partial charge in [-0.15, -0.1) is 0 Å². The van der Waals surface area contributed by atoms with E-state index in [-0.39, 0.29) is 29.5 Å². The highest BCUT2D eigenvalue weighted by Gasteiger charge is 2.47. The third kappa shape index (κ3) is 6.02. The molecule has 0 saturated carbocycles. The SMILES string of the molecule is COc1cccc([C@H]2C(=C(O)c3ccc(OC(C)C)c(F)c3)C(=O)C(=O)N2CCCN2CCOCC2)c1OC. The lowest BCUT2D eigenvalue weighted by Crippen LogP contribution is -2.39. The summed E-state index contributed by atoms with van der Waals surface area (Å²) in [5, 5.41) is 11.4. The van der Waals surface area contributed by atoms with Crippen molar-refractivity contribution in [1.82, 2.24) is 9.80 Å². The molecule has 0 radical (unpaired) electrons. The second-order valence-electron chi connectivity index (χ2n) is 9.69. The molecule has 39 heavy (non-hydrogen) atoms. The number of morpholine rings is 1. The van der Waals surface area contributed by atoms with Gasteiger partial charge in [0.2, 0.25) is 0 Å². The van der Waals surface area contributed by atoms with Crippen LogP contribution in [0.4, 0.5) is 4.39 Å². The van der Waals surface area contributed by atoms with E-state index in [1.54, 1.807) is 32.0 Å². The molecule has 1 atom stereocenters. The summed E-state index contributed by atoms with van der Waals surface area (Å²) in [6.45, 7) is 7.44. The molecule has 2 aromatic rings. The van der Waals surface area contributed by atoms with Gasteiger partial charge < -0.3 is 29.0 Å². The van der Waals surface area contributed by atoms with Crippen molar-refractivity contribution in [2.45, 2.75) is 32.4 Å². The number of aliphatic hydroxyl groups is 1. The lowest BCUT2D eigenvalue weighted by molar-refractivity contribution is -0.140. The first kappa shape index (κ1) is 28.4. The smallest absolute Gasteiger partial charge is 0.295 e. The number of likely N-dealkylation sites (tertiary alicyclic amines) is 1. The van der Waals surface area contributed by atoms with Crippen LogP contribution in [0.3, 0.4) is 0 Å². The Morgan fingerprint density at radius 1 is 1.08 bits per heavy atom. The Balaban J connectivity index is 1.76. The fourth-order valence-corrected chi connectivity index (χ4v) is 5.00. The van der Waals surface area contributed by atoms with Gasteiger partial charge in [0.15, 0.2) is 23.1 Å². The summed E-state index contributed by atoms with van der Waals surface area (Å²) >= 11 is 0. The zero-order valence-electron chi connectivity index (χ0n) is 22.7. The van der Waals surface area contributed by atoms with Crippen LogP contribution in [-0.4, -0.2) is 86.3 Å². The number of nitrogens with zero attached hydrogens (tertiary/aromatic N) is 2. The van der Waals surface area contributed by atoms with Gasteiger partial charge in [-0.05, 0) is 44.5 Å². The summed E-state index contributed by atoms with van der Waals surface area (Å²) in [5.74, 6) is -1.99. The number of aliphatic hydroxyl groups excluding tert-OH is 1. The van der Waals surface area contributed by atoms with Crippen molar-refractivity contribution in [2.24, 2.45) is 0 Å². The maximum atomic E-state index is 14.8. The lowest BCUT2D eigenvalue weighted by atomic mass is 9.94. The van der Waals surface area contributed by atoms with Gasteiger partial charge in [-0.2, -0.15) is 0 Å². The number of benzene rings is 2. The lowest BCUT2D eigenvalue weighted by Gasteiger charge is -2.30. The van der Waals surface area contributed by atoms with Crippen molar-refractivity contribution >= 4 is 17.4 Å². The summed E-state index contributed by atoms with van der Waals surface area (Å²) in [6, 6.07) is 8.14. The van der Waals surface area contributed by atoms with Gasteiger partial charge in [0, 0.05) is 37.3 Å². The van der Waals surface area contributed by atoms with Gasteiger partial charge >= 0.3 is 0 Å². The molecule has 0 spiro atoms. The van der Waals surface area contributed by atoms with Crippen LogP contribution in [0.1, 0.15) is 37.4 Å². The molecule has 0 aliphatic carbocycles. The summed E-state index contributed by atoms with van der Waals surface area (Å²) in [7, 11) is 2.96. The second-order valence-corrected chi connectivity index (χ2v) is 9.69. The Morgan fingerprint density at radius 3 is 2.46 bits per heavy atom. The largest absolute Gasteiger partial charge is 0.507 e. The van der Waals surface area contributed by atoms with Gasteiger partial charge in [0.05, 0.1) is 45.2 Å². The van der Waals surface area contributed by atoms with Gasteiger partial charge in [0.1, 0.15) is 5.76 Å². The Morgan fingerprint density at radius 2 is 1.82 bits per heavy atom. The fourth-order valence-electron chi connectivity index (χ4n) is 5.00. The molecule has 0 unspecified atom stereocenters. The molecule has 9 nitrogen and oxygen atoms in total. The second kappa shape index (κ2) is 12.5. The Bertz CT molecular complexity index is 1240. The number of para-hydroxylation sites is 1. The summed E-state index contributed by atoms with van der Waals surface area (Å²) in [4.78, 5) is 30.4. The molecule has 0 aromatic heterocycles. The first-order valence-corrected chi connectivity index (χ1v) is 13.0. The Labute approximate surface area is 227 Å². The molecule has 1 N–H and O–H groups in total. The van der Waals surface area contributed by atoms with E-state index < -0.39 is 29.3 Å². The van der Waals surface area contributed by atoms with Crippen LogP contribution in [0.5, 0.6) is 17.2 Å². The van der Waals surface area contributed by atoms with Crippen LogP contribution in [-0.2, 0) is 14.3 Å². The van der Waals surface area contributed by atoms with Crippen LogP contribution in [0.25, 0.3) is 5.76 Å². The predicted octanol–water partition coefficient (Wildman–Crippen LogP) is 3.77. The average Bonchev–Trinajstić information content (AvgIpc) is 3.18. The van der Waals surface area contributed by atoms with Crippen molar-refractivity contribution in [3.8, 4) is 17.2 Å². The van der Waals surface area contributed by atoms with Gasteiger partial charge in [-0.1, -0.05) is 12.1 Å². The number of ketones is 1. The Kier molecular flexibility index (Phi) is 9.08. The first-order valence-electron chi connectivity index (χ1n) is 13.0. The standard InChI is InChI=1S/C29H35FN2O7/c1-18(2)39-22-10-9-19(17-21(22)30)26(33)24-25(20-7-5-8-23(36-3)28(20)37-4)32(29(35)27(24)34)12-6-11-31-13-15-38-16-14-31/h5,7-10,17-18,25,33H,6,11-16H2,1-4H3/t25-/m0/s1. The van der Waals surface area contributed by atoms with E-state index in [0.29, 0.717) is 36.7 Å². The highest BCUT2D eigenvalue weighted by molar-refractivity contribution is 6.46. The molecule has 2 fully saturated rings. The number of carbonyl (C=O) groups excluding carboxylic acids is 2. The van der Waals surface area contributed by atoms with Crippen molar-refractivity contribution < 1.29 is 38.0 Å². The number of halogens is 1. The molecule has 2 aliphatic rings. The van der Waals surface area contributed by atoms with Crippen LogP contribution in [0, 0.1) is 5.82 Å². The number of rotatable bonds is 10. The number of ether oxygens (including phenoxy) is 4. The van der Waals surface area contributed by atoms with E-state index in [1.807, 2.05) is 0 Å². The third-order valence-corrected chi connectivity index (χ3v) is 6.81. The highest BCUT2D eigenvalue weighted by atomic mass is 19.1. The van der Waals surface area contributed by atoms with Gasteiger partial charge in [-0.25, -0.2) is 4.39 Å². The van der Waals surface area contributed by atoms with Crippen LogP contribution in [0.2, 0.25) is 0 Å². The topological polar surface area (TPSA) is 97.8 Å². The maximum Gasteiger partial charge on any atom is 0.295 e. The number of carbonyl (C=O) groups is 2. The quantitative estimate of drug-likeness (QED) is 0.275. The molecule has 2 aliphatic heterocycles. The molecule has 2 heterocycles. The average molecular weight is 543 g/mol. The molecule has 2 saturated heterocycles. The van der Waals surface area contributed by atoms with Crippen LogP contribution >= 0.6 is 0 Å². The van der Waals surface area contributed by atoms with Crippen LogP contribution in [0.15, 0.2) is 42.0 Å². The number of hydrogen-bond donors (Lipinski definition) is 1. The number of Topliss-reactive ketones (excluding diaryl/α,β-unsaturated/α-hetero) is 1. The minimum atomic E-state index is -0.964. The minimum absolute atomic E-state index is 0.0242. The highest BCUT2D eigenvalue weighted by Crippen LogP contribution is 2.45. The van der Waals surface area contributed by atoms with E-state index >= 15 is 0 Å². The molecule has 1 amide bonds. The van der Waals surface area contributed by atoms with E-state index in [2.05, 4.69) is 4.90 Å². The fraction of sp³-hybridized carbons (Fsp3) is 0.448. The molecule has 2 aromatic carbocycles. The molecule has 210 valence electrons. The van der Waals surface area contributed by atoms with Crippen molar-refractivity contribution in [1.29, 1.82) is 0 Å². The van der Waals surface area contributed by atoms with E-state index in [4.69, 9.17) is 18.9 Å². The van der Waals surface area contributed by atoms with Gasteiger partial charge in [0.25, 0.3) is 11.7 Å². The monoisotopic (exact) mass is 542 g/mol. The number of amides is 1. The summed E-state index contributed by atoms with van der Waals surface area (Å²) in [5.41, 5.74) is 0.390. The Hall–Kier alpha value is -3.63. The molecule has 0 bridgehead atoms. The predicted molar refractivity (Wildman–Crippen MR) is 143 cm³/mol. The first-order chi connectivity index (χ1) is 18.8. The molecular formula is C29H35FN2O7. The number of hydrogen-bond acceptors (Lipinski definition) is 8. The van der Waals surface area contributed by atoms with Crippen molar-refractivity contribution in [3.05, 3.63) is 58.9 Å². The normalized spacial score (nSPS) is 19.5. The summed E-state index contributed by atoms with van der Waals surface area (Å²) < 4.78 is 36.8. The summed E-state index contributed by atoms with van der Waals surface area (Å²) in [6.07, 6.45) is 0.355. The zero-order valence-corrected chi connectivity index (χ0v) is 22.7. The molecular weight excluding hydrogens is 507 g/mol. The van der Waals surface area contributed by atoms with E-state index in [9.17, 15) is 19.1 Å². The zero-order chi connectivity index (χ0) is 28.1. The van der Waals surface area contributed by atoms with Crippen molar-refractivity contribution in [3.63, 3.8) is 0 Å². The number of methoxy groups -OCH3 is 2. The maximum absolute atomic E-state index is 14.8. The minimum Gasteiger partial charge on any atom is -0.507 e. The third-order valence-electron chi connectivity index (χ3n) is 6.81. The molecule has 10 heteroatoms. The van der Waals surface area contributed by atoms with E-state index in [0.717, 1.165) is 25.7 Å². The molecule has 4 rings (SSSR count).